The first-order valence-electron chi connectivity index (χ1n) is 9.21. The van der Waals surface area contributed by atoms with Gasteiger partial charge in [-0.05, 0) is 38.6 Å². The largest absolute Gasteiger partial charge is 0.356 e. The molecule has 1 fully saturated rings. The fourth-order valence-electron chi connectivity index (χ4n) is 4.37. The molecule has 1 N–H and O–H groups in total. The highest BCUT2D eigenvalue weighted by Crippen LogP contribution is 2.35. The summed E-state index contributed by atoms with van der Waals surface area (Å²) >= 11 is 0. The zero-order chi connectivity index (χ0) is 19.1. The number of piperidine rings is 1. The fourth-order valence-corrected chi connectivity index (χ4v) is 4.37. The van der Waals surface area contributed by atoms with E-state index in [-0.39, 0.29) is 23.3 Å². The van der Waals surface area contributed by atoms with E-state index in [9.17, 15) is 9.59 Å². The lowest BCUT2D eigenvalue weighted by Gasteiger charge is -2.42. The number of H-pyrrole nitrogens is 1. The molecule has 0 unspecified atom stereocenters. The number of pyridine rings is 1. The molecule has 27 heavy (non-hydrogen) atoms. The van der Waals surface area contributed by atoms with Crippen LogP contribution in [0.25, 0.3) is 0 Å². The maximum atomic E-state index is 12.9. The van der Waals surface area contributed by atoms with E-state index in [4.69, 9.17) is 5.26 Å². The zero-order valence-corrected chi connectivity index (χ0v) is 15.6. The quantitative estimate of drug-likeness (QED) is 0.890. The van der Waals surface area contributed by atoms with Crippen molar-refractivity contribution in [2.45, 2.75) is 25.4 Å². The Hall–Kier alpha value is -2.85. The van der Waals surface area contributed by atoms with Gasteiger partial charge in [0.2, 0.25) is 0 Å². The number of hydrogen-bond acceptors (Lipinski definition) is 4. The van der Waals surface area contributed by atoms with Gasteiger partial charge in [-0.2, -0.15) is 5.26 Å². The number of nitriles is 1. The maximum Gasteiger partial charge on any atom is 0.270 e. The van der Waals surface area contributed by atoms with Crippen molar-refractivity contribution in [3.63, 3.8) is 0 Å². The van der Waals surface area contributed by atoms with E-state index in [1.807, 2.05) is 40.6 Å². The molecule has 0 aromatic carbocycles. The number of carbonyl (C=O) groups excluding carboxylic acids is 1. The second kappa shape index (κ2) is 6.71. The van der Waals surface area contributed by atoms with Gasteiger partial charge in [0.15, 0.2) is 0 Å². The Labute approximate surface area is 157 Å². The molecule has 0 spiro atoms. The van der Waals surface area contributed by atoms with Crippen molar-refractivity contribution in [2.75, 3.05) is 27.2 Å². The van der Waals surface area contributed by atoms with Crippen LogP contribution in [0.1, 0.15) is 39.6 Å². The Balaban J connectivity index is 1.60. The van der Waals surface area contributed by atoms with Gasteiger partial charge in [0.25, 0.3) is 11.5 Å². The van der Waals surface area contributed by atoms with Crippen LogP contribution in [0, 0.1) is 17.2 Å². The van der Waals surface area contributed by atoms with Crippen LogP contribution in [0.3, 0.4) is 0 Å². The van der Waals surface area contributed by atoms with E-state index in [1.54, 1.807) is 12.3 Å². The molecule has 7 heteroatoms. The topological polar surface area (TPSA) is 85.1 Å². The van der Waals surface area contributed by atoms with Gasteiger partial charge in [0.1, 0.15) is 11.8 Å². The SMILES string of the molecule is CN(C)Cc1ccc2n(c1=O)C[C@H]1C[C@@H]2CN(C(=O)c2cc(C#N)c[nH]2)C1. The molecule has 1 amide bonds. The van der Waals surface area contributed by atoms with Gasteiger partial charge >= 0.3 is 0 Å². The highest BCUT2D eigenvalue weighted by Gasteiger charge is 2.37. The number of aromatic amines is 1. The molecule has 2 atom stereocenters. The van der Waals surface area contributed by atoms with Crippen molar-refractivity contribution < 1.29 is 4.79 Å². The summed E-state index contributed by atoms with van der Waals surface area (Å²) in [7, 11) is 3.92. The normalized spacial score (nSPS) is 21.0. The standard InChI is InChI=1S/C20H23N5O2/c1-23(2)11-15-3-4-18-16-5-14(10-25(18)19(15)26)9-24(12-16)20(27)17-6-13(7-21)8-22-17/h3-4,6,8,14,16,22H,5,9-12H2,1-2H3/t14-,16+/m0/s1. The van der Waals surface area contributed by atoms with Gasteiger partial charge in [-0.15, -0.1) is 0 Å². The minimum atomic E-state index is -0.0776. The van der Waals surface area contributed by atoms with Crippen molar-refractivity contribution in [1.82, 2.24) is 19.4 Å². The third kappa shape index (κ3) is 3.17. The third-order valence-corrected chi connectivity index (χ3v) is 5.50. The lowest BCUT2D eigenvalue weighted by molar-refractivity contribution is 0.0589. The van der Waals surface area contributed by atoms with Crippen molar-refractivity contribution in [2.24, 2.45) is 5.92 Å². The average Bonchev–Trinajstić information content (AvgIpc) is 3.12. The first-order valence-corrected chi connectivity index (χ1v) is 9.21. The number of hydrogen-bond donors (Lipinski definition) is 1. The zero-order valence-electron chi connectivity index (χ0n) is 15.6. The highest BCUT2D eigenvalue weighted by molar-refractivity contribution is 5.93. The van der Waals surface area contributed by atoms with Gasteiger partial charge < -0.3 is 19.4 Å². The van der Waals surface area contributed by atoms with E-state index in [2.05, 4.69) is 11.1 Å². The molecule has 140 valence electrons. The number of likely N-dealkylation sites (tertiary alicyclic amines) is 1. The summed E-state index contributed by atoms with van der Waals surface area (Å²) in [5.41, 5.74) is 2.84. The maximum absolute atomic E-state index is 12.9. The predicted octanol–water partition coefficient (Wildman–Crippen LogP) is 1.37. The van der Waals surface area contributed by atoms with Crippen molar-refractivity contribution in [1.29, 1.82) is 5.26 Å². The van der Waals surface area contributed by atoms with Crippen molar-refractivity contribution in [3.05, 3.63) is 57.3 Å². The molecule has 0 radical (unpaired) electrons. The van der Waals surface area contributed by atoms with Crippen LogP contribution in [0.15, 0.2) is 29.2 Å². The van der Waals surface area contributed by atoms with Gasteiger partial charge in [0.05, 0.1) is 5.56 Å². The molecule has 2 bridgehead atoms. The number of carbonyl (C=O) groups is 1. The molecular weight excluding hydrogens is 342 g/mol. The van der Waals surface area contributed by atoms with Gasteiger partial charge in [-0.3, -0.25) is 9.59 Å². The molecule has 2 aliphatic heterocycles. The van der Waals surface area contributed by atoms with Gasteiger partial charge in [0, 0.05) is 49.6 Å². The summed E-state index contributed by atoms with van der Waals surface area (Å²) in [5.74, 6) is 0.372. The Morgan fingerprint density at radius 1 is 1.33 bits per heavy atom. The lowest BCUT2D eigenvalue weighted by atomic mass is 9.83. The lowest BCUT2D eigenvalue weighted by Crippen LogP contribution is -2.49. The molecule has 4 rings (SSSR count). The fraction of sp³-hybridized carbons (Fsp3) is 0.450. The number of aromatic nitrogens is 2. The number of nitrogens with zero attached hydrogens (tertiary/aromatic N) is 4. The molecule has 2 aromatic rings. The average molecular weight is 365 g/mol. The van der Waals surface area contributed by atoms with Crippen LogP contribution in [-0.4, -0.2) is 52.4 Å². The second-order valence-corrected chi connectivity index (χ2v) is 7.86. The minimum Gasteiger partial charge on any atom is -0.356 e. The summed E-state index contributed by atoms with van der Waals surface area (Å²) in [6, 6.07) is 7.62. The van der Waals surface area contributed by atoms with Crippen LogP contribution in [0.4, 0.5) is 0 Å². The number of rotatable bonds is 3. The Morgan fingerprint density at radius 2 is 2.15 bits per heavy atom. The number of amides is 1. The Morgan fingerprint density at radius 3 is 2.85 bits per heavy atom. The molecule has 4 heterocycles. The molecule has 0 saturated carbocycles. The van der Waals surface area contributed by atoms with E-state index in [0.717, 1.165) is 17.7 Å². The first-order chi connectivity index (χ1) is 13.0. The predicted molar refractivity (Wildman–Crippen MR) is 100 cm³/mol. The monoisotopic (exact) mass is 365 g/mol. The first kappa shape index (κ1) is 17.6. The second-order valence-electron chi connectivity index (χ2n) is 7.86. The van der Waals surface area contributed by atoms with E-state index in [0.29, 0.717) is 37.4 Å². The van der Waals surface area contributed by atoms with Crippen LogP contribution in [-0.2, 0) is 13.1 Å². The molecule has 7 nitrogen and oxygen atoms in total. The summed E-state index contributed by atoms with van der Waals surface area (Å²) in [6.07, 6.45) is 2.56. The van der Waals surface area contributed by atoms with E-state index >= 15 is 0 Å². The van der Waals surface area contributed by atoms with Crippen LogP contribution in [0.5, 0.6) is 0 Å². The van der Waals surface area contributed by atoms with Gasteiger partial charge in [-0.1, -0.05) is 6.07 Å². The summed E-state index contributed by atoms with van der Waals surface area (Å²) < 4.78 is 1.92. The molecular formula is C20H23N5O2. The van der Waals surface area contributed by atoms with Crippen LogP contribution in [0.2, 0.25) is 0 Å². The highest BCUT2D eigenvalue weighted by atomic mass is 16.2. The Bertz CT molecular complexity index is 981. The molecule has 2 aromatic heterocycles. The smallest absolute Gasteiger partial charge is 0.270 e. The molecule has 2 aliphatic rings. The summed E-state index contributed by atoms with van der Waals surface area (Å²) in [4.78, 5) is 32.5. The van der Waals surface area contributed by atoms with E-state index < -0.39 is 0 Å². The molecule has 0 aliphatic carbocycles. The summed E-state index contributed by atoms with van der Waals surface area (Å²) in [5, 5.41) is 8.96. The van der Waals surface area contributed by atoms with Crippen LogP contribution >= 0.6 is 0 Å². The molecule has 1 saturated heterocycles. The van der Waals surface area contributed by atoms with Crippen LogP contribution < -0.4 is 5.56 Å². The van der Waals surface area contributed by atoms with E-state index in [1.165, 1.54) is 0 Å². The van der Waals surface area contributed by atoms with Crippen molar-refractivity contribution in [3.8, 4) is 6.07 Å². The third-order valence-electron chi connectivity index (χ3n) is 5.50. The van der Waals surface area contributed by atoms with Gasteiger partial charge in [-0.25, -0.2) is 0 Å². The number of nitrogens with one attached hydrogen (secondary N) is 1. The number of fused-ring (bicyclic) bond motifs is 4. The van der Waals surface area contributed by atoms with Crippen molar-refractivity contribution >= 4 is 5.91 Å². The minimum absolute atomic E-state index is 0.0776. The Kier molecular flexibility index (Phi) is 4.36. The summed E-state index contributed by atoms with van der Waals surface area (Å²) in [6.45, 7) is 2.53.